The third kappa shape index (κ3) is 4.42. The number of carbonyl (C=O) groups is 1. The SMILES string of the molecule is O=C(CN1CCCC(c2nc3ccccc3o2)C1)Nc1ccccc1C(F)(F)F. The molecule has 5 nitrogen and oxygen atoms in total. The fraction of sp³-hybridized carbons (Fsp3) is 0.333. The van der Waals surface area contributed by atoms with Crippen LogP contribution >= 0.6 is 0 Å². The van der Waals surface area contributed by atoms with Crippen LogP contribution in [0, 0.1) is 0 Å². The van der Waals surface area contributed by atoms with Crippen LogP contribution in [0.25, 0.3) is 11.1 Å². The summed E-state index contributed by atoms with van der Waals surface area (Å²) < 4.78 is 45.2. The molecule has 1 fully saturated rings. The Morgan fingerprint density at radius 2 is 1.93 bits per heavy atom. The van der Waals surface area contributed by atoms with E-state index in [0.29, 0.717) is 19.0 Å². The van der Waals surface area contributed by atoms with Crippen molar-refractivity contribution in [1.82, 2.24) is 9.88 Å². The number of carbonyl (C=O) groups excluding carboxylic acids is 1. The largest absolute Gasteiger partial charge is 0.440 e. The number of amides is 1. The zero-order chi connectivity index (χ0) is 20.4. The first kappa shape index (κ1) is 19.4. The highest BCUT2D eigenvalue weighted by Gasteiger charge is 2.34. The van der Waals surface area contributed by atoms with Gasteiger partial charge in [-0.25, -0.2) is 4.98 Å². The summed E-state index contributed by atoms with van der Waals surface area (Å²) in [5, 5.41) is 2.40. The monoisotopic (exact) mass is 403 g/mol. The molecule has 2 heterocycles. The fourth-order valence-electron chi connectivity index (χ4n) is 3.70. The van der Waals surface area contributed by atoms with Gasteiger partial charge < -0.3 is 9.73 Å². The zero-order valence-corrected chi connectivity index (χ0v) is 15.6. The Bertz CT molecular complexity index is 983. The highest BCUT2D eigenvalue weighted by Crippen LogP contribution is 2.34. The summed E-state index contributed by atoms with van der Waals surface area (Å²) in [5.74, 6) is 0.213. The number of alkyl halides is 3. The van der Waals surface area contributed by atoms with E-state index >= 15 is 0 Å². The molecule has 8 heteroatoms. The molecule has 1 aromatic heterocycles. The molecule has 0 radical (unpaired) electrons. The van der Waals surface area contributed by atoms with Crippen LogP contribution in [0.5, 0.6) is 0 Å². The van der Waals surface area contributed by atoms with Crippen molar-refractivity contribution in [3.63, 3.8) is 0 Å². The lowest BCUT2D eigenvalue weighted by Crippen LogP contribution is -2.40. The summed E-state index contributed by atoms with van der Waals surface area (Å²) in [6.45, 7) is 1.29. The van der Waals surface area contributed by atoms with Gasteiger partial charge in [-0.2, -0.15) is 13.2 Å². The first-order chi connectivity index (χ1) is 13.9. The van der Waals surface area contributed by atoms with Crippen LogP contribution < -0.4 is 5.32 Å². The second-order valence-electron chi connectivity index (χ2n) is 7.19. The predicted molar refractivity (Wildman–Crippen MR) is 102 cm³/mol. The lowest BCUT2D eigenvalue weighted by Gasteiger charge is -2.30. The molecule has 2 aromatic carbocycles. The van der Waals surface area contributed by atoms with Gasteiger partial charge in [-0.3, -0.25) is 9.69 Å². The topological polar surface area (TPSA) is 58.4 Å². The maximum atomic E-state index is 13.1. The van der Waals surface area contributed by atoms with E-state index < -0.39 is 17.6 Å². The van der Waals surface area contributed by atoms with Crippen LogP contribution in [-0.4, -0.2) is 35.4 Å². The Labute approximate surface area is 165 Å². The maximum Gasteiger partial charge on any atom is 0.418 e. The number of benzene rings is 2. The number of aromatic nitrogens is 1. The van der Waals surface area contributed by atoms with Crippen molar-refractivity contribution in [1.29, 1.82) is 0 Å². The van der Waals surface area contributed by atoms with Gasteiger partial charge in [0.25, 0.3) is 0 Å². The number of halogens is 3. The van der Waals surface area contributed by atoms with Gasteiger partial charge in [-0.05, 0) is 43.7 Å². The van der Waals surface area contributed by atoms with Crippen molar-refractivity contribution in [3.05, 3.63) is 60.0 Å². The van der Waals surface area contributed by atoms with Crippen molar-refractivity contribution >= 4 is 22.7 Å². The number of hydrogen-bond acceptors (Lipinski definition) is 4. The molecule has 1 unspecified atom stereocenters. The lowest BCUT2D eigenvalue weighted by molar-refractivity contribution is -0.137. The zero-order valence-electron chi connectivity index (χ0n) is 15.6. The average molecular weight is 403 g/mol. The molecule has 1 aliphatic heterocycles. The van der Waals surface area contributed by atoms with Crippen molar-refractivity contribution < 1.29 is 22.4 Å². The molecule has 1 atom stereocenters. The maximum absolute atomic E-state index is 13.1. The molecule has 0 saturated carbocycles. The van der Waals surface area contributed by atoms with Crippen molar-refractivity contribution in [2.24, 2.45) is 0 Å². The van der Waals surface area contributed by atoms with Gasteiger partial charge in [-0.1, -0.05) is 24.3 Å². The van der Waals surface area contributed by atoms with E-state index in [2.05, 4.69) is 10.3 Å². The van der Waals surface area contributed by atoms with Gasteiger partial charge in [0.15, 0.2) is 11.5 Å². The minimum atomic E-state index is -4.52. The highest BCUT2D eigenvalue weighted by atomic mass is 19.4. The number of likely N-dealkylation sites (tertiary alicyclic amines) is 1. The molecule has 0 spiro atoms. The Kier molecular flexibility index (Phi) is 5.27. The minimum Gasteiger partial charge on any atom is -0.440 e. The third-order valence-corrected chi connectivity index (χ3v) is 5.04. The first-order valence-corrected chi connectivity index (χ1v) is 9.44. The van der Waals surface area contributed by atoms with E-state index in [0.717, 1.165) is 30.0 Å². The Balaban J connectivity index is 1.41. The van der Waals surface area contributed by atoms with Crippen LogP contribution in [0.2, 0.25) is 0 Å². The number of hydrogen-bond donors (Lipinski definition) is 1. The van der Waals surface area contributed by atoms with E-state index in [-0.39, 0.29) is 18.2 Å². The minimum absolute atomic E-state index is 0.0168. The van der Waals surface area contributed by atoms with Crippen molar-refractivity contribution in [3.8, 4) is 0 Å². The molecule has 3 aromatic rings. The van der Waals surface area contributed by atoms with Crippen LogP contribution in [0.1, 0.15) is 30.2 Å². The molecule has 1 amide bonds. The van der Waals surface area contributed by atoms with E-state index in [9.17, 15) is 18.0 Å². The van der Waals surface area contributed by atoms with Gasteiger partial charge in [0.1, 0.15) is 5.52 Å². The molecule has 4 rings (SSSR count). The van der Waals surface area contributed by atoms with E-state index in [4.69, 9.17) is 4.42 Å². The number of oxazole rings is 1. The summed E-state index contributed by atoms with van der Waals surface area (Å²) >= 11 is 0. The molecule has 152 valence electrons. The quantitative estimate of drug-likeness (QED) is 0.688. The molecule has 29 heavy (non-hydrogen) atoms. The van der Waals surface area contributed by atoms with Crippen LogP contribution in [-0.2, 0) is 11.0 Å². The number of nitrogens with zero attached hydrogens (tertiary/aromatic N) is 2. The number of piperidine rings is 1. The first-order valence-electron chi connectivity index (χ1n) is 9.44. The number of nitrogens with one attached hydrogen (secondary N) is 1. The highest BCUT2D eigenvalue weighted by molar-refractivity contribution is 5.93. The number of rotatable bonds is 4. The average Bonchev–Trinajstić information content (AvgIpc) is 3.12. The predicted octanol–water partition coefficient (Wildman–Crippen LogP) is 4.66. The van der Waals surface area contributed by atoms with E-state index in [1.54, 1.807) is 0 Å². The number of para-hydroxylation sites is 3. The van der Waals surface area contributed by atoms with E-state index in [1.807, 2.05) is 29.2 Å². The van der Waals surface area contributed by atoms with Gasteiger partial charge in [0.2, 0.25) is 5.91 Å². The molecule has 1 N–H and O–H groups in total. The molecule has 0 bridgehead atoms. The summed E-state index contributed by atoms with van der Waals surface area (Å²) in [6.07, 6.45) is -2.77. The Morgan fingerprint density at radius 1 is 1.17 bits per heavy atom. The molecular formula is C21H20F3N3O2. The Morgan fingerprint density at radius 3 is 2.72 bits per heavy atom. The van der Waals surface area contributed by atoms with Crippen molar-refractivity contribution in [2.75, 3.05) is 25.0 Å². The second-order valence-corrected chi connectivity index (χ2v) is 7.19. The van der Waals surface area contributed by atoms with Crippen LogP contribution in [0.4, 0.5) is 18.9 Å². The summed E-state index contributed by atoms with van der Waals surface area (Å²) in [5.41, 5.74) is 0.441. The van der Waals surface area contributed by atoms with Gasteiger partial charge in [0, 0.05) is 12.5 Å². The summed E-state index contributed by atoms with van der Waals surface area (Å²) in [4.78, 5) is 18.8. The molecule has 1 aliphatic rings. The third-order valence-electron chi connectivity index (χ3n) is 5.04. The van der Waals surface area contributed by atoms with Gasteiger partial charge >= 0.3 is 6.18 Å². The number of anilines is 1. The Hall–Kier alpha value is -2.87. The van der Waals surface area contributed by atoms with Gasteiger partial charge in [0.05, 0.1) is 17.8 Å². The van der Waals surface area contributed by atoms with Gasteiger partial charge in [-0.15, -0.1) is 0 Å². The fourth-order valence-corrected chi connectivity index (χ4v) is 3.70. The van der Waals surface area contributed by atoms with E-state index in [1.165, 1.54) is 18.2 Å². The normalized spacial score (nSPS) is 18.1. The number of fused-ring (bicyclic) bond motifs is 1. The second kappa shape index (κ2) is 7.87. The lowest BCUT2D eigenvalue weighted by atomic mass is 9.98. The standard InChI is InChI=1S/C21H20F3N3O2/c22-21(23,24)15-7-1-2-8-16(15)25-19(28)13-27-11-5-6-14(12-27)20-26-17-9-3-4-10-18(17)29-20/h1-4,7-10,14H,5-6,11-13H2,(H,25,28). The molecule has 0 aliphatic carbocycles. The van der Waals surface area contributed by atoms with Crippen LogP contribution in [0.15, 0.2) is 52.9 Å². The van der Waals surface area contributed by atoms with Crippen LogP contribution in [0.3, 0.4) is 0 Å². The molecule has 1 saturated heterocycles. The summed E-state index contributed by atoms with van der Waals surface area (Å²) in [7, 11) is 0. The smallest absolute Gasteiger partial charge is 0.418 e. The van der Waals surface area contributed by atoms with Crippen molar-refractivity contribution in [2.45, 2.75) is 24.9 Å². The summed E-state index contributed by atoms with van der Waals surface area (Å²) in [6, 6.07) is 12.5. The molecular weight excluding hydrogens is 383 g/mol.